The van der Waals surface area contributed by atoms with Gasteiger partial charge >= 0.3 is 0 Å². The van der Waals surface area contributed by atoms with Gasteiger partial charge in [-0.25, -0.2) is 13.1 Å². The van der Waals surface area contributed by atoms with Crippen molar-refractivity contribution >= 4 is 10.0 Å². The zero-order valence-electron chi connectivity index (χ0n) is 11.0. The minimum absolute atomic E-state index is 0.0852. The molecule has 0 saturated heterocycles. The van der Waals surface area contributed by atoms with Crippen LogP contribution >= 0.6 is 0 Å². The summed E-state index contributed by atoms with van der Waals surface area (Å²) in [5.41, 5.74) is 1.01. The molecule has 0 heterocycles. The number of rotatable bonds is 8. The lowest BCUT2D eigenvalue weighted by molar-refractivity contribution is 0.179. The van der Waals surface area contributed by atoms with Crippen molar-refractivity contribution in [2.75, 3.05) is 12.3 Å². The molecule has 2 N–H and O–H groups in total. The third kappa shape index (κ3) is 5.72. The zero-order valence-corrected chi connectivity index (χ0v) is 11.8. The predicted octanol–water partition coefficient (Wildman–Crippen LogP) is 1.31. The number of hydrogen-bond donors (Lipinski definition) is 2. The molecule has 1 aliphatic carbocycles. The molecule has 1 aliphatic rings. The van der Waals surface area contributed by atoms with Crippen molar-refractivity contribution in [1.82, 2.24) is 4.72 Å². The van der Waals surface area contributed by atoms with E-state index in [1.54, 1.807) is 0 Å². The van der Waals surface area contributed by atoms with Crippen molar-refractivity contribution < 1.29 is 13.5 Å². The van der Waals surface area contributed by atoms with Gasteiger partial charge in [0.2, 0.25) is 10.0 Å². The van der Waals surface area contributed by atoms with Crippen LogP contribution in [-0.2, 0) is 16.4 Å². The number of benzene rings is 1. The summed E-state index contributed by atoms with van der Waals surface area (Å²) in [6, 6.07) is 9.57. The molecule has 1 aromatic carbocycles. The Morgan fingerprint density at radius 2 is 1.95 bits per heavy atom. The smallest absolute Gasteiger partial charge is 0.211 e. The molecule has 0 bridgehead atoms. The molecule has 0 aromatic heterocycles. The third-order valence-electron chi connectivity index (χ3n) is 3.34. The van der Waals surface area contributed by atoms with E-state index in [1.807, 2.05) is 30.3 Å². The Hall–Kier alpha value is -0.910. The van der Waals surface area contributed by atoms with E-state index in [9.17, 15) is 13.5 Å². The fraction of sp³-hybridized carbons (Fsp3) is 0.571. The minimum Gasteiger partial charge on any atom is -0.391 e. The molecule has 5 heteroatoms. The quantitative estimate of drug-likeness (QED) is 0.756. The first-order valence-electron chi connectivity index (χ1n) is 6.74. The molecule has 0 amide bonds. The van der Waals surface area contributed by atoms with Gasteiger partial charge in [-0.1, -0.05) is 43.2 Å². The van der Waals surface area contributed by atoms with Gasteiger partial charge < -0.3 is 5.11 Å². The topological polar surface area (TPSA) is 66.4 Å². The standard InChI is InChI=1S/C14H21NO3S/c16-14(10-13-4-2-1-3-5-13)11-15-19(17,18)9-8-12-6-7-12/h1-5,12,14-16H,6-11H2. The highest BCUT2D eigenvalue weighted by atomic mass is 32.2. The van der Waals surface area contributed by atoms with Gasteiger partial charge in [0.15, 0.2) is 0 Å². The first kappa shape index (κ1) is 14.5. The van der Waals surface area contributed by atoms with Crippen molar-refractivity contribution in [3.8, 4) is 0 Å². The average Bonchev–Trinajstić information content (AvgIpc) is 3.20. The molecule has 1 saturated carbocycles. The molecule has 0 aliphatic heterocycles. The summed E-state index contributed by atoms with van der Waals surface area (Å²) >= 11 is 0. The van der Waals surface area contributed by atoms with Crippen LogP contribution in [0.4, 0.5) is 0 Å². The number of nitrogens with one attached hydrogen (secondary N) is 1. The van der Waals surface area contributed by atoms with Crippen molar-refractivity contribution in [2.45, 2.75) is 31.8 Å². The van der Waals surface area contributed by atoms with Crippen LogP contribution in [0.5, 0.6) is 0 Å². The maximum atomic E-state index is 11.7. The lowest BCUT2D eigenvalue weighted by atomic mass is 10.1. The third-order valence-corrected chi connectivity index (χ3v) is 4.72. The van der Waals surface area contributed by atoms with Gasteiger partial charge in [0, 0.05) is 6.54 Å². The lowest BCUT2D eigenvalue weighted by Crippen LogP contribution is -2.34. The van der Waals surface area contributed by atoms with Crippen LogP contribution in [0.25, 0.3) is 0 Å². The fourth-order valence-corrected chi connectivity index (χ4v) is 3.22. The van der Waals surface area contributed by atoms with Gasteiger partial charge in [-0.3, -0.25) is 0 Å². The van der Waals surface area contributed by atoms with Crippen LogP contribution < -0.4 is 4.72 Å². The number of sulfonamides is 1. The molecule has 2 rings (SSSR count). The summed E-state index contributed by atoms with van der Waals surface area (Å²) in [7, 11) is -3.23. The molecule has 1 unspecified atom stereocenters. The Labute approximate surface area is 114 Å². The largest absolute Gasteiger partial charge is 0.391 e. The van der Waals surface area contributed by atoms with Crippen molar-refractivity contribution in [3.05, 3.63) is 35.9 Å². The second kappa shape index (κ2) is 6.50. The number of aliphatic hydroxyl groups excluding tert-OH is 1. The summed E-state index contributed by atoms with van der Waals surface area (Å²) in [6.07, 6.45) is 2.84. The van der Waals surface area contributed by atoms with E-state index >= 15 is 0 Å². The molecule has 0 radical (unpaired) electrons. The molecular formula is C14H21NO3S. The van der Waals surface area contributed by atoms with E-state index in [-0.39, 0.29) is 12.3 Å². The van der Waals surface area contributed by atoms with Crippen molar-refractivity contribution in [2.24, 2.45) is 5.92 Å². The average molecular weight is 283 g/mol. The molecule has 1 aromatic rings. The van der Waals surface area contributed by atoms with E-state index in [4.69, 9.17) is 0 Å². The van der Waals surface area contributed by atoms with Gasteiger partial charge in [-0.15, -0.1) is 0 Å². The molecule has 0 spiro atoms. The molecule has 4 nitrogen and oxygen atoms in total. The van der Waals surface area contributed by atoms with E-state index in [0.29, 0.717) is 12.3 Å². The summed E-state index contributed by atoms with van der Waals surface area (Å²) in [4.78, 5) is 0. The van der Waals surface area contributed by atoms with Crippen LogP contribution in [-0.4, -0.2) is 31.9 Å². The van der Waals surface area contributed by atoms with Gasteiger partial charge in [-0.05, 0) is 24.3 Å². The van der Waals surface area contributed by atoms with E-state index < -0.39 is 16.1 Å². The highest BCUT2D eigenvalue weighted by Crippen LogP contribution is 2.32. The van der Waals surface area contributed by atoms with Gasteiger partial charge in [0.05, 0.1) is 11.9 Å². The Morgan fingerprint density at radius 1 is 1.26 bits per heavy atom. The van der Waals surface area contributed by atoms with Gasteiger partial charge in [0.25, 0.3) is 0 Å². The normalized spacial score (nSPS) is 17.3. The minimum atomic E-state index is -3.23. The van der Waals surface area contributed by atoms with E-state index in [1.165, 1.54) is 0 Å². The zero-order chi connectivity index (χ0) is 13.7. The molecule has 1 fully saturated rings. The van der Waals surface area contributed by atoms with Crippen LogP contribution in [0.3, 0.4) is 0 Å². The highest BCUT2D eigenvalue weighted by molar-refractivity contribution is 7.89. The maximum Gasteiger partial charge on any atom is 0.211 e. The Balaban J connectivity index is 1.71. The number of hydrogen-bond acceptors (Lipinski definition) is 3. The molecule has 1 atom stereocenters. The molecule has 106 valence electrons. The second-order valence-corrected chi connectivity index (χ2v) is 7.17. The van der Waals surface area contributed by atoms with Crippen LogP contribution in [0.15, 0.2) is 30.3 Å². The van der Waals surface area contributed by atoms with Crippen LogP contribution in [0.2, 0.25) is 0 Å². The van der Waals surface area contributed by atoms with Gasteiger partial charge in [-0.2, -0.15) is 0 Å². The molecular weight excluding hydrogens is 262 g/mol. The Bertz CT molecular complexity index is 483. The first-order chi connectivity index (χ1) is 9.05. The SMILES string of the molecule is O=S(=O)(CCC1CC1)NCC(O)Cc1ccccc1. The lowest BCUT2D eigenvalue weighted by Gasteiger charge is -2.12. The van der Waals surface area contributed by atoms with E-state index in [2.05, 4.69) is 4.72 Å². The van der Waals surface area contributed by atoms with Crippen molar-refractivity contribution in [1.29, 1.82) is 0 Å². The predicted molar refractivity (Wildman–Crippen MR) is 75.3 cm³/mol. The fourth-order valence-electron chi connectivity index (χ4n) is 1.98. The summed E-state index contributed by atoms with van der Waals surface area (Å²) in [5.74, 6) is 0.779. The molecule has 19 heavy (non-hydrogen) atoms. The monoisotopic (exact) mass is 283 g/mol. The Morgan fingerprint density at radius 3 is 2.58 bits per heavy atom. The summed E-state index contributed by atoms with van der Waals surface area (Å²) in [5, 5.41) is 9.83. The Kier molecular flexibility index (Phi) is 4.96. The van der Waals surface area contributed by atoms with Crippen LogP contribution in [0.1, 0.15) is 24.8 Å². The summed E-state index contributed by atoms with van der Waals surface area (Å²) in [6.45, 7) is 0.0852. The van der Waals surface area contributed by atoms with Gasteiger partial charge in [0.1, 0.15) is 0 Å². The van der Waals surface area contributed by atoms with Crippen molar-refractivity contribution in [3.63, 3.8) is 0 Å². The van der Waals surface area contributed by atoms with Crippen LogP contribution in [0, 0.1) is 5.92 Å². The van der Waals surface area contributed by atoms with E-state index in [0.717, 1.165) is 24.8 Å². The number of aliphatic hydroxyl groups is 1. The first-order valence-corrected chi connectivity index (χ1v) is 8.40. The summed E-state index contributed by atoms with van der Waals surface area (Å²) < 4.78 is 25.9. The maximum absolute atomic E-state index is 11.7. The second-order valence-electron chi connectivity index (χ2n) is 5.24. The highest BCUT2D eigenvalue weighted by Gasteiger charge is 2.24.